The van der Waals surface area contributed by atoms with Gasteiger partial charge in [0.05, 0.1) is 7.11 Å². The number of ether oxygens (including phenoxy) is 1. The predicted molar refractivity (Wildman–Crippen MR) is 61.2 cm³/mol. The summed E-state index contributed by atoms with van der Waals surface area (Å²) in [6, 6.07) is 0.943. The summed E-state index contributed by atoms with van der Waals surface area (Å²) in [7, 11) is 2.92. The molecule has 0 unspecified atom stereocenters. The highest BCUT2D eigenvalue weighted by Gasteiger charge is 2.35. The van der Waals surface area contributed by atoms with Crippen molar-refractivity contribution in [3.8, 4) is 17.7 Å². The number of aromatic nitrogens is 1. The quantitative estimate of drug-likeness (QED) is 0.665. The maximum atomic E-state index is 12.7. The van der Waals surface area contributed by atoms with Gasteiger partial charge in [-0.2, -0.15) is 13.2 Å². The Hall–Kier alpha value is -1.74. The van der Waals surface area contributed by atoms with Crippen molar-refractivity contribution in [3.63, 3.8) is 0 Å². The van der Waals surface area contributed by atoms with Gasteiger partial charge in [0.15, 0.2) is 0 Å². The number of pyridine rings is 1. The number of halogens is 3. The third-order valence-corrected chi connectivity index (χ3v) is 2.08. The molecule has 1 N–H and O–H groups in total. The van der Waals surface area contributed by atoms with E-state index in [0.717, 1.165) is 13.2 Å². The molecule has 0 saturated heterocycles. The fourth-order valence-corrected chi connectivity index (χ4v) is 1.24. The third-order valence-electron chi connectivity index (χ3n) is 2.08. The molecule has 0 amide bonds. The lowest BCUT2D eigenvalue weighted by Crippen LogP contribution is -2.09. The van der Waals surface area contributed by atoms with Crippen LogP contribution in [-0.2, 0) is 6.18 Å². The second-order valence-electron chi connectivity index (χ2n) is 3.43. The Balaban J connectivity index is 2.99. The molecule has 1 aromatic heterocycles. The van der Waals surface area contributed by atoms with Gasteiger partial charge in [-0.3, -0.25) is 0 Å². The summed E-state index contributed by atoms with van der Waals surface area (Å²) < 4.78 is 42.6. The van der Waals surface area contributed by atoms with Gasteiger partial charge in [-0.15, -0.1) is 0 Å². The van der Waals surface area contributed by atoms with Crippen molar-refractivity contribution < 1.29 is 17.9 Å². The van der Waals surface area contributed by atoms with Crippen LogP contribution in [0.5, 0.6) is 5.88 Å². The first kappa shape index (κ1) is 14.3. The highest BCUT2D eigenvalue weighted by Crippen LogP contribution is 2.35. The smallest absolute Gasteiger partial charge is 0.421 e. The molecule has 0 spiro atoms. The summed E-state index contributed by atoms with van der Waals surface area (Å²) in [5, 5.41) is 2.89. The van der Waals surface area contributed by atoms with E-state index >= 15 is 0 Å². The van der Waals surface area contributed by atoms with Crippen LogP contribution >= 0.6 is 0 Å². The summed E-state index contributed by atoms with van der Waals surface area (Å²) in [5.74, 6) is 4.95. The molecule has 0 aliphatic rings. The van der Waals surface area contributed by atoms with Crippen LogP contribution in [0.15, 0.2) is 12.3 Å². The minimum Gasteiger partial charge on any atom is -0.481 e. The van der Waals surface area contributed by atoms with Gasteiger partial charge in [-0.25, -0.2) is 4.98 Å². The number of methoxy groups -OCH3 is 1. The van der Waals surface area contributed by atoms with Crippen LogP contribution < -0.4 is 10.1 Å². The lowest BCUT2D eigenvalue weighted by Gasteiger charge is -2.10. The topological polar surface area (TPSA) is 34.2 Å². The maximum Gasteiger partial charge on any atom is 0.421 e. The minimum absolute atomic E-state index is 0.222. The molecule has 0 fully saturated rings. The van der Waals surface area contributed by atoms with E-state index in [1.165, 1.54) is 6.20 Å². The fraction of sp³-hybridized carbons (Fsp3) is 0.417. The van der Waals surface area contributed by atoms with Gasteiger partial charge in [0, 0.05) is 24.7 Å². The first-order chi connectivity index (χ1) is 8.49. The van der Waals surface area contributed by atoms with Gasteiger partial charge in [0.25, 0.3) is 0 Å². The van der Waals surface area contributed by atoms with Crippen LogP contribution in [0, 0.1) is 11.8 Å². The number of rotatable bonds is 3. The van der Waals surface area contributed by atoms with E-state index in [4.69, 9.17) is 0 Å². The normalized spacial score (nSPS) is 10.7. The Kier molecular flexibility index (Phi) is 4.98. The first-order valence-electron chi connectivity index (χ1n) is 5.23. The van der Waals surface area contributed by atoms with Gasteiger partial charge >= 0.3 is 6.18 Å². The molecular formula is C12H13F3N2O. The van der Waals surface area contributed by atoms with Gasteiger partial charge in [0.1, 0.15) is 5.56 Å². The van der Waals surface area contributed by atoms with Crippen LogP contribution in [0.25, 0.3) is 0 Å². The second-order valence-corrected chi connectivity index (χ2v) is 3.43. The van der Waals surface area contributed by atoms with Crippen molar-refractivity contribution in [2.75, 3.05) is 20.7 Å². The van der Waals surface area contributed by atoms with Crippen LogP contribution in [0.2, 0.25) is 0 Å². The molecule has 1 aromatic rings. The van der Waals surface area contributed by atoms with Gasteiger partial charge in [-0.1, -0.05) is 11.8 Å². The Morgan fingerprint density at radius 2 is 2.17 bits per heavy atom. The van der Waals surface area contributed by atoms with E-state index in [-0.39, 0.29) is 5.56 Å². The molecule has 0 aliphatic heterocycles. The van der Waals surface area contributed by atoms with Crippen LogP contribution in [0.3, 0.4) is 0 Å². The van der Waals surface area contributed by atoms with Crippen molar-refractivity contribution in [1.82, 2.24) is 10.3 Å². The summed E-state index contributed by atoms with van der Waals surface area (Å²) in [5.41, 5.74) is -0.690. The lowest BCUT2D eigenvalue weighted by molar-refractivity contribution is -0.139. The van der Waals surface area contributed by atoms with E-state index in [2.05, 4.69) is 26.9 Å². The highest BCUT2D eigenvalue weighted by molar-refractivity contribution is 5.40. The van der Waals surface area contributed by atoms with Gasteiger partial charge in [0.2, 0.25) is 5.88 Å². The molecule has 0 radical (unpaired) electrons. The van der Waals surface area contributed by atoms with Crippen molar-refractivity contribution >= 4 is 0 Å². The molecular weight excluding hydrogens is 245 g/mol. The molecule has 18 heavy (non-hydrogen) atoms. The summed E-state index contributed by atoms with van der Waals surface area (Å²) >= 11 is 0. The van der Waals surface area contributed by atoms with Crippen LogP contribution in [0.1, 0.15) is 17.5 Å². The summed E-state index contributed by atoms with van der Waals surface area (Å²) in [4.78, 5) is 3.60. The number of nitrogens with one attached hydrogen (secondary N) is 1. The third kappa shape index (κ3) is 3.93. The van der Waals surface area contributed by atoms with Crippen molar-refractivity contribution in [3.05, 3.63) is 23.4 Å². The van der Waals surface area contributed by atoms with Gasteiger partial charge in [-0.05, 0) is 13.1 Å². The molecule has 0 saturated carbocycles. The fourth-order valence-electron chi connectivity index (χ4n) is 1.24. The zero-order valence-electron chi connectivity index (χ0n) is 10.1. The SMILES string of the molecule is CNCCC#Cc1cnc(OC)c(C(F)(F)F)c1. The molecule has 0 bridgehead atoms. The Morgan fingerprint density at radius 1 is 1.44 bits per heavy atom. The first-order valence-corrected chi connectivity index (χ1v) is 5.23. The summed E-state index contributed by atoms with van der Waals surface area (Å²) in [6.45, 7) is 0.683. The second kappa shape index (κ2) is 6.26. The van der Waals surface area contributed by atoms with Crippen LogP contribution in [0.4, 0.5) is 13.2 Å². The zero-order chi connectivity index (χ0) is 13.6. The molecule has 6 heteroatoms. The van der Waals surface area contributed by atoms with Crippen molar-refractivity contribution in [2.45, 2.75) is 12.6 Å². The number of hydrogen-bond donors (Lipinski definition) is 1. The van der Waals surface area contributed by atoms with E-state index in [1.54, 1.807) is 7.05 Å². The largest absolute Gasteiger partial charge is 0.481 e. The number of hydrogen-bond acceptors (Lipinski definition) is 3. The number of alkyl halides is 3. The standard InChI is InChI=1S/C12H13F3N2O/c1-16-6-4-3-5-9-7-10(12(13,14)15)11(18-2)17-8-9/h7-8,16H,4,6H2,1-2H3. The zero-order valence-corrected chi connectivity index (χ0v) is 10.1. The average Bonchev–Trinajstić information content (AvgIpc) is 2.33. The van der Waals surface area contributed by atoms with Gasteiger partial charge < -0.3 is 10.1 Å². The minimum atomic E-state index is -4.50. The Morgan fingerprint density at radius 3 is 2.72 bits per heavy atom. The number of nitrogens with zero attached hydrogens (tertiary/aromatic N) is 1. The van der Waals surface area contributed by atoms with E-state index in [9.17, 15) is 13.2 Å². The molecule has 98 valence electrons. The van der Waals surface area contributed by atoms with Crippen LogP contribution in [-0.4, -0.2) is 25.7 Å². The molecule has 0 aliphatic carbocycles. The van der Waals surface area contributed by atoms with Crippen molar-refractivity contribution in [1.29, 1.82) is 0 Å². The molecule has 1 rings (SSSR count). The summed E-state index contributed by atoms with van der Waals surface area (Å²) in [6.07, 6.45) is -2.68. The monoisotopic (exact) mass is 258 g/mol. The van der Waals surface area contributed by atoms with E-state index < -0.39 is 17.6 Å². The Labute approximate surface area is 103 Å². The lowest BCUT2D eigenvalue weighted by atomic mass is 10.2. The highest BCUT2D eigenvalue weighted by atomic mass is 19.4. The predicted octanol–water partition coefficient (Wildman–Crippen LogP) is 2.07. The average molecular weight is 258 g/mol. The molecule has 3 nitrogen and oxygen atoms in total. The van der Waals surface area contributed by atoms with E-state index in [0.29, 0.717) is 13.0 Å². The molecule has 0 atom stereocenters. The van der Waals surface area contributed by atoms with Crippen molar-refractivity contribution in [2.24, 2.45) is 0 Å². The molecule has 1 heterocycles. The van der Waals surface area contributed by atoms with E-state index in [1.807, 2.05) is 0 Å². The Bertz CT molecular complexity index is 461. The maximum absolute atomic E-state index is 12.7. The molecule has 0 aromatic carbocycles.